The molecule has 2 aliphatic rings. The molecule has 0 amide bonds. The van der Waals surface area contributed by atoms with Crippen LogP contribution in [0.25, 0.3) is 0 Å². The van der Waals surface area contributed by atoms with Crippen LogP contribution in [0.15, 0.2) is 36.7 Å². The maximum atomic E-state index is 9.55. The predicted octanol–water partition coefficient (Wildman–Crippen LogP) is 0.201. The number of fused-ring (bicyclic) bond motifs is 1. The number of aromatic nitrogens is 1. The summed E-state index contributed by atoms with van der Waals surface area (Å²) >= 11 is 0. The molecule has 0 saturated carbocycles. The molecule has 2 aliphatic heterocycles. The molecule has 2 saturated heterocycles. The molecule has 7 heteroatoms. The van der Waals surface area contributed by atoms with E-state index in [0.717, 1.165) is 18.5 Å². The van der Waals surface area contributed by atoms with Crippen LogP contribution in [-0.4, -0.2) is 52.8 Å². The highest BCUT2D eigenvalue weighted by molar-refractivity contribution is 5.89. The third-order valence-electron chi connectivity index (χ3n) is 3.48. The third-order valence-corrected chi connectivity index (χ3v) is 3.48. The number of rotatable bonds is 3. The summed E-state index contributed by atoms with van der Waals surface area (Å²) in [4.78, 5) is 25.7. The topological polar surface area (TPSA) is 103 Å². The van der Waals surface area contributed by atoms with Crippen LogP contribution in [0, 0.1) is 5.92 Å². The van der Waals surface area contributed by atoms with Gasteiger partial charge in [-0.2, -0.15) is 0 Å². The monoisotopic (exact) mass is 291 g/mol. The van der Waals surface area contributed by atoms with Gasteiger partial charge in [0.15, 0.2) is 0 Å². The Balaban J connectivity index is 0.000000177. The zero-order valence-corrected chi connectivity index (χ0v) is 11.3. The first-order chi connectivity index (χ1) is 10.1. The van der Waals surface area contributed by atoms with E-state index >= 15 is 0 Å². The molecule has 0 spiro atoms. The minimum absolute atomic E-state index is 0.558. The molecule has 1 aromatic rings. The lowest BCUT2D eigenvalue weighted by molar-refractivity contribution is -0.134. The molecular weight excluding hydrogens is 274 g/mol. The number of nitrogens with zero attached hydrogens (tertiary/aromatic N) is 2. The van der Waals surface area contributed by atoms with E-state index in [4.69, 9.17) is 10.2 Å². The van der Waals surface area contributed by atoms with E-state index in [-0.39, 0.29) is 0 Å². The number of carbonyl (C=O) groups is 2. The largest absolute Gasteiger partial charge is 0.478 e. The summed E-state index contributed by atoms with van der Waals surface area (Å²) < 4.78 is 0. The molecule has 3 N–H and O–H groups in total. The summed E-state index contributed by atoms with van der Waals surface area (Å²) in [7, 11) is 0. The lowest BCUT2D eigenvalue weighted by Crippen LogP contribution is -2.55. The Kier molecular flexibility index (Phi) is 4.89. The van der Waals surface area contributed by atoms with Crippen LogP contribution in [0.1, 0.15) is 0 Å². The average molecular weight is 291 g/mol. The number of carboxylic acids is 2. The smallest absolute Gasteiger partial charge is 0.328 e. The molecule has 3 heterocycles. The number of hydrogen-bond acceptors (Lipinski definition) is 5. The van der Waals surface area contributed by atoms with Crippen molar-refractivity contribution in [2.24, 2.45) is 5.92 Å². The van der Waals surface area contributed by atoms with Crippen molar-refractivity contribution in [3.63, 3.8) is 0 Å². The van der Waals surface area contributed by atoms with Crippen molar-refractivity contribution in [3.05, 3.63) is 36.7 Å². The fourth-order valence-electron chi connectivity index (χ4n) is 2.48. The van der Waals surface area contributed by atoms with Crippen LogP contribution in [-0.2, 0) is 9.59 Å². The predicted molar refractivity (Wildman–Crippen MR) is 76.1 cm³/mol. The zero-order chi connectivity index (χ0) is 15.2. The number of pyridine rings is 1. The second kappa shape index (κ2) is 6.85. The summed E-state index contributed by atoms with van der Waals surface area (Å²) in [6.45, 7) is 3.53. The van der Waals surface area contributed by atoms with E-state index in [1.807, 2.05) is 18.5 Å². The Morgan fingerprint density at radius 3 is 2.52 bits per heavy atom. The second-order valence-corrected chi connectivity index (χ2v) is 4.86. The first kappa shape index (κ1) is 15.0. The number of nitrogens with one attached hydrogen (secondary N) is 1. The summed E-state index contributed by atoms with van der Waals surface area (Å²) in [6, 6.07) is 4.87. The van der Waals surface area contributed by atoms with Crippen LogP contribution >= 0.6 is 0 Å². The average Bonchev–Trinajstić information content (AvgIpc) is 2.80. The van der Waals surface area contributed by atoms with Crippen molar-refractivity contribution in [2.75, 3.05) is 24.5 Å². The first-order valence-corrected chi connectivity index (χ1v) is 6.59. The summed E-state index contributed by atoms with van der Waals surface area (Å²) in [5.41, 5.74) is 1.27. The van der Waals surface area contributed by atoms with E-state index in [9.17, 15) is 9.59 Å². The molecule has 1 aromatic heterocycles. The summed E-state index contributed by atoms with van der Waals surface area (Å²) in [5.74, 6) is -1.64. The first-order valence-electron chi connectivity index (χ1n) is 6.59. The van der Waals surface area contributed by atoms with Gasteiger partial charge in [-0.1, -0.05) is 0 Å². The van der Waals surface area contributed by atoms with Gasteiger partial charge in [-0.25, -0.2) is 9.59 Å². The highest BCUT2D eigenvalue weighted by Crippen LogP contribution is 2.32. The van der Waals surface area contributed by atoms with Gasteiger partial charge in [-0.05, 0) is 12.1 Å². The molecule has 0 unspecified atom stereocenters. The fraction of sp³-hybridized carbons (Fsp3) is 0.357. The lowest BCUT2D eigenvalue weighted by Gasteiger charge is -2.45. The SMILES string of the molecule is O=C(O)/C=C/C(=O)O.c1cncc(N2C[C@@H]3CNC[C@@H]32)c1. The van der Waals surface area contributed by atoms with Gasteiger partial charge < -0.3 is 20.4 Å². The molecule has 0 bridgehead atoms. The molecule has 3 rings (SSSR count). The van der Waals surface area contributed by atoms with Crippen molar-refractivity contribution in [2.45, 2.75) is 6.04 Å². The molecular formula is C14H17N3O4. The van der Waals surface area contributed by atoms with Gasteiger partial charge in [0.1, 0.15) is 0 Å². The molecule has 2 fully saturated rings. The molecule has 2 atom stereocenters. The van der Waals surface area contributed by atoms with E-state index < -0.39 is 11.9 Å². The van der Waals surface area contributed by atoms with Crippen LogP contribution in [0.5, 0.6) is 0 Å². The molecule has 7 nitrogen and oxygen atoms in total. The van der Waals surface area contributed by atoms with Gasteiger partial charge >= 0.3 is 11.9 Å². The van der Waals surface area contributed by atoms with Gasteiger partial charge in [0.25, 0.3) is 0 Å². The van der Waals surface area contributed by atoms with Crippen LogP contribution in [0.4, 0.5) is 5.69 Å². The quantitative estimate of drug-likeness (QED) is 0.684. The minimum atomic E-state index is -1.26. The van der Waals surface area contributed by atoms with Gasteiger partial charge in [0.2, 0.25) is 0 Å². The molecule has 0 radical (unpaired) electrons. The van der Waals surface area contributed by atoms with Crippen molar-refractivity contribution < 1.29 is 19.8 Å². The Morgan fingerprint density at radius 2 is 2.00 bits per heavy atom. The third kappa shape index (κ3) is 4.03. The summed E-state index contributed by atoms with van der Waals surface area (Å²) in [6.07, 6.45) is 4.90. The van der Waals surface area contributed by atoms with Gasteiger partial charge in [-0.3, -0.25) is 4.98 Å². The second-order valence-electron chi connectivity index (χ2n) is 4.86. The minimum Gasteiger partial charge on any atom is -0.478 e. The standard InChI is InChI=1S/C10H13N3.C4H4O4/c1-2-9(5-11-3-1)13-7-8-4-12-6-10(8)13;5-3(6)1-2-4(7)8/h1-3,5,8,10,12H,4,6-7H2;1-2H,(H,5,6)(H,7,8)/b;2-1+/t8-,10-;/m0./s1. The van der Waals surface area contributed by atoms with Crippen molar-refractivity contribution >= 4 is 17.6 Å². The number of aliphatic carboxylic acids is 2. The Hall–Kier alpha value is -2.41. The van der Waals surface area contributed by atoms with Crippen LogP contribution in [0.2, 0.25) is 0 Å². The van der Waals surface area contributed by atoms with Gasteiger partial charge in [0.05, 0.1) is 11.9 Å². The van der Waals surface area contributed by atoms with Crippen molar-refractivity contribution in [1.29, 1.82) is 0 Å². The van der Waals surface area contributed by atoms with E-state index in [1.165, 1.54) is 18.8 Å². The fourth-order valence-corrected chi connectivity index (χ4v) is 2.48. The Morgan fingerprint density at radius 1 is 1.29 bits per heavy atom. The molecule has 0 aliphatic carbocycles. The van der Waals surface area contributed by atoms with Crippen LogP contribution in [0.3, 0.4) is 0 Å². The van der Waals surface area contributed by atoms with Crippen molar-refractivity contribution in [3.8, 4) is 0 Å². The zero-order valence-electron chi connectivity index (χ0n) is 11.3. The van der Waals surface area contributed by atoms with Gasteiger partial charge in [-0.15, -0.1) is 0 Å². The Bertz CT molecular complexity index is 516. The normalized spacial score (nSPS) is 23.0. The number of anilines is 1. The highest BCUT2D eigenvalue weighted by Gasteiger charge is 2.41. The van der Waals surface area contributed by atoms with Crippen molar-refractivity contribution in [1.82, 2.24) is 10.3 Å². The Labute approximate surface area is 121 Å². The lowest BCUT2D eigenvalue weighted by atomic mass is 9.91. The van der Waals surface area contributed by atoms with E-state index in [0.29, 0.717) is 12.2 Å². The van der Waals surface area contributed by atoms with E-state index in [2.05, 4.69) is 21.3 Å². The maximum absolute atomic E-state index is 9.55. The number of carboxylic acid groups (broad SMARTS) is 2. The van der Waals surface area contributed by atoms with Gasteiger partial charge in [0, 0.05) is 49.9 Å². The summed E-state index contributed by atoms with van der Waals surface area (Å²) in [5, 5.41) is 19.0. The van der Waals surface area contributed by atoms with E-state index in [1.54, 1.807) is 0 Å². The van der Waals surface area contributed by atoms with Crippen LogP contribution < -0.4 is 10.2 Å². The molecule has 21 heavy (non-hydrogen) atoms. The molecule has 0 aromatic carbocycles. The maximum Gasteiger partial charge on any atom is 0.328 e. The number of hydrogen-bond donors (Lipinski definition) is 3. The highest BCUT2D eigenvalue weighted by atomic mass is 16.4. The molecule has 112 valence electrons.